The lowest BCUT2D eigenvalue weighted by molar-refractivity contribution is 0.176. The molecule has 1 heteroatoms. The molecule has 70 valence electrons. The Kier molecular flexibility index (Phi) is 3.64. The highest BCUT2D eigenvalue weighted by Crippen LogP contribution is 2.33. The second-order valence-corrected chi connectivity index (χ2v) is 3.69. The molecule has 1 heterocycles. The Balaban J connectivity index is 2.41. The molecule has 2 atom stereocenters. The van der Waals surface area contributed by atoms with Crippen molar-refractivity contribution in [3.8, 4) is 0 Å². The molecule has 1 saturated heterocycles. The lowest BCUT2D eigenvalue weighted by atomic mass is 9.97. The molecular weight excluding hydrogens is 148 g/mol. The Bertz CT molecular complexity index is 160. The quantitative estimate of drug-likeness (QED) is 0.626. The molecule has 0 aromatic rings. The first-order valence-electron chi connectivity index (χ1n) is 5.10. The Morgan fingerprint density at radius 3 is 2.92 bits per heavy atom. The van der Waals surface area contributed by atoms with Crippen molar-refractivity contribution in [1.29, 1.82) is 0 Å². The van der Waals surface area contributed by atoms with Crippen molar-refractivity contribution in [2.24, 2.45) is 5.92 Å². The van der Waals surface area contributed by atoms with Gasteiger partial charge in [0.15, 0.2) is 0 Å². The lowest BCUT2D eigenvalue weighted by Gasteiger charge is -2.07. The summed E-state index contributed by atoms with van der Waals surface area (Å²) >= 11 is 0. The van der Waals surface area contributed by atoms with E-state index >= 15 is 0 Å². The van der Waals surface area contributed by atoms with E-state index in [4.69, 9.17) is 4.74 Å². The van der Waals surface area contributed by atoms with Crippen LogP contribution in [0.15, 0.2) is 11.8 Å². The predicted octanol–water partition coefficient (Wildman–Crippen LogP) is 3.51. The second-order valence-electron chi connectivity index (χ2n) is 3.69. The Morgan fingerprint density at radius 1 is 1.58 bits per heavy atom. The van der Waals surface area contributed by atoms with Crippen molar-refractivity contribution >= 4 is 0 Å². The number of rotatable bonds is 3. The van der Waals surface area contributed by atoms with Crippen LogP contribution in [-0.2, 0) is 4.74 Å². The highest BCUT2D eigenvalue weighted by molar-refractivity contribution is 5.02. The van der Waals surface area contributed by atoms with Gasteiger partial charge < -0.3 is 4.74 Å². The van der Waals surface area contributed by atoms with Gasteiger partial charge in [0.05, 0.1) is 11.9 Å². The summed E-state index contributed by atoms with van der Waals surface area (Å²) in [6.07, 6.45) is 7.72. The molecule has 0 spiro atoms. The lowest BCUT2D eigenvalue weighted by Crippen LogP contribution is -1.97. The molecule has 0 aliphatic carbocycles. The summed E-state index contributed by atoms with van der Waals surface area (Å²) in [5.41, 5.74) is 0. The summed E-state index contributed by atoms with van der Waals surface area (Å²) in [7, 11) is 0. The summed E-state index contributed by atoms with van der Waals surface area (Å²) in [5.74, 6) is 1.95. The molecule has 0 aromatic heterocycles. The maximum Gasteiger partial charge on any atom is 0.0961 e. The van der Waals surface area contributed by atoms with Crippen molar-refractivity contribution in [3.05, 3.63) is 11.8 Å². The molecule has 0 amide bonds. The van der Waals surface area contributed by atoms with Crippen molar-refractivity contribution in [1.82, 2.24) is 0 Å². The van der Waals surface area contributed by atoms with E-state index in [0.29, 0.717) is 12.0 Å². The molecule has 0 bridgehead atoms. The summed E-state index contributed by atoms with van der Waals surface area (Å²) in [6.45, 7) is 6.48. The number of allylic oxidation sites excluding steroid dienone is 2. The molecule has 1 fully saturated rings. The Hall–Kier alpha value is -0.460. The van der Waals surface area contributed by atoms with E-state index in [0.717, 1.165) is 0 Å². The highest BCUT2D eigenvalue weighted by Gasteiger charge is 2.26. The fourth-order valence-corrected chi connectivity index (χ4v) is 1.91. The van der Waals surface area contributed by atoms with Gasteiger partial charge in [-0.15, -0.1) is 0 Å². The van der Waals surface area contributed by atoms with Crippen LogP contribution >= 0.6 is 0 Å². The molecule has 1 aliphatic heterocycles. The van der Waals surface area contributed by atoms with E-state index in [1.165, 1.54) is 31.4 Å². The minimum absolute atomic E-state index is 0.443. The zero-order valence-electron chi connectivity index (χ0n) is 8.47. The molecule has 2 unspecified atom stereocenters. The van der Waals surface area contributed by atoms with Crippen LogP contribution < -0.4 is 0 Å². The van der Waals surface area contributed by atoms with Crippen LogP contribution in [0.4, 0.5) is 0 Å². The van der Waals surface area contributed by atoms with Gasteiger partial charge in [0.2, 0.25) is 0 Å². The SMILES string of the molecule is C/C=C1\OC(C)CC1CCCC. The molecular formula is C11H20O. The van der Waals surface area contributed by atoms with Gasteiger partial charge in [0, 0.05) is 5.92 Å². The van der Waals surface area contributed by atoms with Gasteiger partial charge in [-0.05, 0) is 32.8 Å². The number of unbranched alkanes of at least 4 members (excludes halogenated alkanes) is 1. The normalized spacial score (nSPS) is 32.4. The molecule has 0 aromatic carbocycles. The summed E-state index contributed by atoms with van der Waals surface area (Å²) in [5, 5.41) is 0. The van der Waals surface area contributed by atoms with Crippen LogP contribution in [0.3, 0.4) is 0 Å². The maximum atomic E-state index is 5.68. The molecule has 0 radical (unpaired) electrons. The molecule has 1 rings (SSSR count). The highest BCUT2D eigenvalue weighted by atomic mass is 16.5. The van der Waals surface area contributed by atoms with Gasteiger partial charge in [0.25, 0.3) is 0 Å². The predicted molar refractivity (Wildman–Crippen MR) is 51.9 cm³/mol. The smallest absolute Gasteiger partial charge is 0.0961 e. The number of hydrogen-bond donors (Lipinski definition) is 0. The summed E-state index contributed by atoms with van der Waals surface area (Å²) in [4.78, 5) is 0. The molecule has 12 heavy (non-hydrogen) atoms. The van der Waals surface area contributed by atoms with Gasteiger partial charge >= 0.3 is 0 Å². The number of hydrogen-bond acceptors (Lipinski definition) is 1. The van der Waals surface area contributed by atoms with E-state index in [2.05, 4.69) is 26.8 Å². The second kappa shape index (κ2) is 4.54. The van der Waals surface area contributed by atoms with E-state index in [9.17, 15) is 0 Å². The first kappa shape index (κ1) is 9.63. The van der Waals surface area contributed by atoms with Crippen LogP contribution in [-0.4, -0.2) is 6.10 Å². The van der Waals surface area contributed by atoms with Gasteiger partial charge in [-0.1, -0.05) is 19.8 Å². The van der Waals surface area contributed by atoms with E-state index in [-0.39, 0.29) is 0 Å². The summed E-state index contributed by atoms with van der Waals surface area (Å²) < 4.78 is 5.68. The van der Waals surface area contributed by atoms with Crippen LogP contribution in [0.25, 0.3) is 0 Å². The van der Waals surface area contributed by atoms with Crippen LogP contribution in [0, 0.1) is 5.92 Å². The molecule has 0 N–H and O–H groups in total. The average Bonchev–Trinajstić information content (AvgIpc) is 2.42. The van der Waals surface area contributed by atoms with Crippen molar-refractivity contribution in [2.75, 3.05) is 0 Å². The third-order valence-corrected chi connectivity index (χ3v) is 2.55. The topological polar surface area (TPSA) is 9.23 Å². The van der Waals surface area contributed by atoms with Crippen LogP contribution in [0.2, 0.25) is 0 Å². The van der Waals surface area contributed by atoms with E-state index < -0.39 is 0 Å². The van der Waals surface area contributed by atoms with Gasteiger partial charge in [-0.25, -0.2) is 0 Å². The van der Waals surface area contributed by atoms with Gasteiger partial charge in [-0.3, -0.25) is 0 Å². The van der Waals surface area contributed by atoms with Gasteiger partial charge in [0.1, 0.15) is 0 Å². The fraction of sp³-hybridized carbons (Fsp3) is 0.818. The third-order valence-electron chi connectivity index (χ3n) is 2.55. The molecule has 1 aliphatic rings. The first-order chi connectivity index (χ1) is 5.77. The minimum atomic E-state index is 0.443. The zero-order valence-corrected chi connectivity index (χ0v) is 8.47. The standard InChI is InChI=1S/C11H20O/c1-4-6-7-10-8-9(3)12-11(10)5-2/h5,9-10H,4,6-8H2,1-3H3/b11-5-. The van der Waals surface area contributed by atoms with Crippen molar-refractivity contribution in [3.63, 3.8) is 0 Å². The Morgan fingerprint density at radius 2 is 2.33 bits per heavy atom. The minimum Gasteiger partial charge on any atom is -0.495 e. The summed E-state index contributed by atoms with van der Waals surface area (Å²) in [6, 6.07) is 0. The van der Waals surface area contributed by atoms with E-state index in [1.54, 1.807) is 0 Å². The average molecular weight is 168 g/mol. The number of ether oxygens (including phenoxy) is 1. The molecule has 0 saturated carbocycles. The van der Waals surface area contributed by atoms with Crippen molar-refractivity contribution in [2.45, 2.75) is 52.6 Å². The first-order valence-corrected chi connectivity index (χ1v) is 5.10. The van der Waals surface area contributed by atoms with Crippen LogP contribution in [0.1, 0.15) is 46.5 Å². The van der Waals surface area contributed by atoms with Gasteiger partial charge in [-0.2, -0.15) is 0 Å². The zero-order chi connectivity index (χ0) is 8.97. The van der Waals surface area contributed by atoms with E-state index in [1.807, 2.05) is 0 Å². The fourth-order valence-electron chi connectivity index (χ4n) is 1.91. The largest absolute Gasteiger partial charge is 0.495 e. The molecule has 1 nitrogen and oxygen atoms in total. The van der Waals surface area contributed by atoms with Crippen LogP contribution in [0.5, 0.6) is 0 Å². The third kappa shape index (κ3) is 2.26. The van der Waals surface area contributed by atoms with Crippen molar-refractivity contribution < 1.29 is 4.74 Å². The Labute approximate surface area is 75.8 Å². The maximum absolute atomic E-state index is 5.68. The monoisotopic (exact) mass is 168 g/mol.